The number of carbonyl (C=O) groups is 1. The van der Waals surface area contributed by atoms with Crippen molar-refractivity contribution < 1.29 is 18.3 Å². The zero-order chi connectivity index (χ0) is 15.0. The number of benzene rings is 1. The van der Waals surface area contributed by atoms with Crippen molar-refractivity contribution >= 4 is 11.6 Å². The van der Waals surface area contributed by atoms with E-state index in [0.717, 1.165) is 4.90 Å². The maximum absolute atomic E-state index is 14.0. The summed E-state index contributed by atoms with van der Waals surface area (Å²) in [5.74, 6) is -3.21. The number of hydrogen-bond donors (Lipinski definition) is 0. The standard InChI is InChI=1S/C15H12F2N2O2/c1-21-10-5-6-11-13(8-10)19(9-15(11,16)17)14(20)12-4-2-3-7-18-12/h2-8H,9H2,1H3. The smallest absolute Gasteiger partial charge is 0.292 e. The van der Waals surface area contributed by atoms with Crippen LogP contribution in [0.2, 0.25) is 0 Å². The van der Waals surface area contributed by atoms with Crippen molar-refractivity contribution in [2.75, 3.05) is 18.6 Å². The topological polar surface area (TPSA) is 42.4 Å². The van der Waals surface area contributed by atoms with Gasteiger partial charge in [-0.05, 0) is 24.3 Å². The molecule has 2 aromatic rings. The summed E-state index contributed by atoms with van der Waals surface area (Å²) in [6.45, 7) is -0.690. The quantitative estimate of drug-likeness (QED) is 0.854. The van der Waals surface area contributed by atoms with Crippen molar-refractivity contribution in [3.8, 4) is 5.75 Å². The number of rotatable bonds is 2. The van der Waals surface area contributed by atoms with Gasteiger partial charge in [0, 0.05) is 17.8 Å². The van der Waals surface area contributed by atoms with Crippen LogP contribution in [0.3, 0.4) is 0 Å². The number of halogens is 2. The second-order valence-electron chi connectivity index (χ2n) is 4.69. The largest absolute Gasteiger partial charge is 0.497 e. The van der Waals surface area contributed by atoms with Gasteiger partial charge in [0.15, 0.2) is 0 Å². The summed E-state index contributed by atoms with van der Waals surface area (Å²) in [5, 5.41) is 0. The third kappa shape index (κ3) is 2.22. The minimum absolute atomic E-state index is 0.129. The van der Waals surface area contributed by atoms with Gasteiger partial charge in [0.2, 0.25) is 0 Å². The monoisotopic (exact) mass is 290 g/mol. The minimum atomic E-state index is -3.08. The Bertz CT molecular complexity index is 689. The molecule has 1 aliphatic rings. The molecule has 1 aromatic heterocycles. The Hall–Kier alpha value is -2.50. The average Bonchev–Trinajstić information content (AvgIpc) is 2.78. The van der Waals surface area contributed by atoms with E-state index in [9.17, 15) is 13.6 Å². The average molecular weight is 290 g/mol. The molecule has 0 bridgehead atoms. The van der Waals surface area contributed by atoms with Crippen LogP contribution in [0, 0.1) is 0 Å². The fourth-order valence-electron chi connectivity index (χ4n) is 2.35. The Kier molecular flexibility index (Phi) is 3.08. The zero-order valence-electron chi connectivity index (χ0n) is 11.2. The lowest BCUT2D eigenvalue weighted by atomic mass is 10.1. The zero-order valence-corrected chi connectivity index (χ0v) is 11.2. The second-order valence-corrected chi connectivity index (χ2v) is 4.69. The number of nitrogens with zero attached hydrogens (tertiary/aromatic N) is 2. The lowest BCUT2D eigenvalue weighted by Gasteiger charge is -2.17. The second kappa shape index (κ2) is 4.80. The fourth-order valence-corrected chi connectivity index (χ4v) is 2.35. The highest BCUT2D eigenvalue weighted by molar-refractivity contribution is 6.06. The number of carbonyl (C=O) groups excluding carboxylic acids is 1. The van der Waals surface area contributed by atoms with Crippen molar-refractivity contribution in [3.63, 3.8) is 0 Å². The molecule has 1 aliphatic heterocycles. The summed E-state index contributed by atoms with van der Waals surface area (Å²) in [7, 11) is 1.44. The molecule has 0 N–H and O–H groups in total. The van der Waals surface area contributed by atoms with Crippen LogP contribution < -0.4 is 9.64 Å². The van der Waals surface area contributed by atoms with Crippen LogP contribution in [0.1, 0.15) is 16.1 Å². The van der Waals surface area contributed by atoms with E-state index >= 15 is 0 Å². The number of pyridine rings is 1. The van der Waals surface area contributed by atoms with Crippen LogP contribution in [0.4, 0.5) is 14.5 Å². The van der Waals surface area contributed by atoms with E-state index < -0.39 is 18.4 Å². The van der Waals surface area contributed by atoms with Gasteiger partial charge in [0.25, 0.3) is 11.8 Å². The highest BCUT2D eigenvalue weighted by atomic mass is 19.3. The highest BCUT2D eigenvalue weighted by Gasteiger charge is 2.46. The first-order valence-electron chi connectivity index (χ1n) is 6.32. The molecule has 6 heteroatoms. The maximum Gasteiger partial charge on any atom is 0.292 e. The third-order valence-corrected chi connectivity index (χ3v) is 3.38. The van der Waals surface area contributed by atoms with Crippen LogP contribution in [0.5, 0.6) is 5.75 Å². The van der Waals surface area contributed by atoms with Gasteiger partial charge in [-0.2, -0.15) is 8.78 Å². The Labute approximate surface area is 120 Å². The first-order chi connectivity index (χ1) is 10.0. The predicted octanol–water partition coefficient (Wildman–Crippen LogP) is 2.84. The van der Waals surface area contributed by atoms with Gasteiger partial charge in [-0.3, -0.25) is 14.7 Å². The van der Waals surface area contributed by atoms with Crippen LogP contribution in [-0.4, -0.2) is 24.5 Å². The fraction of sp³-hybridized carbons (Fsp3) is 0.200. The number of aromatic nitrogens is 1. The molecule has 0 spiro atoms. The maximum atomic E-state index is 14.0. The van der Waals surface area contributed by atoms with Crippen molar-refractivity contribution in [3.05, 3.63) is 53.9 Å². The molecule has 0 saturated heterocycles. The van der Waals surface area contributed by atoms with Gasteiger partial charge in [0.05, 0.1) is 19.3 Å². The molecule has 0 radical (unpaired) electrons. The summed E-state index contributed by atoms with van der Waals surface area (Å²) in [4.78, 5) is 17.3. The van der Waals surface area contributed by atoms with E-state index in [-0.39, 0.29) is 16.9 Å². The summed E-state index contributed by atoms with van der Waals surface area (Å²) < 4.78 is 33.1. The molecule has 2 heterocycles. The molecule has 4 nitrogen and oxygen atoms in total. The molecule has 3 rings (SSSR count). The van der Waals surface area contributed by atoms with Gasteiger partial charge < -0.3 is 4.74 Å². The Morgan fingerprint density at radius 2 is 2.14 bits per heavy atom. The van der Waals surface area contributed by atoms with Crippen LogP contribution >= 0.6 is 0 Å². The normalized spacial score (nSPS) is 15.7. The van der Waals surface area contributed by atoms with Crippen molar-refractivity contribution in [2.45, 2.75) is 5.92 Å². The number of hydrogen-bond acceptors (Lipinski definition) is 3. The van der Waals surface area contributed by atoms with Gasteiger partial charge >= 0.3 is 0 Å². The van der Waals surface area contributed by atoms with E-state index in [1.54, 1.807) is 12.1 Å². The molecular weight excluding hydrogens is 278 g/mol. The van der Waals surface area contributed by atoms with Crippen LogP contribution in [0.25, 0.3) is 0 Å². The molecule has 108 valence electrons. The van der Waals surface area contributed by atoms with Crippen molar-refractivity contribution in [1.29, 1.82) is 0 Å². The Balaban J connectivity index is 2.05. The van der Waals surface area contributed by atoms with E-state index in [1.165, 1.54) is 37.6 Å². The predicted molar refractivity (Wildman–Crippen MR) is 72.8 cm³/mol. The molecule has 0 fully saturated rings. The van der Waals surface area contributed by atoms with Crippen molar-refractivity contribution in [2.24, 2.45) is 0 Å². The molecule has 21 heavy (non-hydrogen) atoms. The summed E-state index contributed by atoms with van der Waals surface area (Å²) in [6.07, 6.45) is 1.45. The van der Waals surface area contributed by atoms with E-state index in [0.29, 0.717) is 5.75 Å². The third-order valence-electron chi connectivity index (χ3n) is 3.38. The first kappa shape index (κ1) is 13.5. The summed E-state index contributed by atoms with van der Waals surface area (Å²) >= 11 is 0. The lowest BCUT2D eigenvalue weighted by Crippen LogP contribution is -2.33. The number of anilines is 1. The van der Waals surface area contributed by atoms with E-state index in [2.05, 4.69) is 4.98 Å². The van der Waals surface area contributed by atoms with Crippen LogP contribution in [-0.2, 0) is 5.92 Å². The number of amides is 1. The number of ether oxygens (including phenoxy) is 1. The molecule has 0 saturated carbocycles. The number of fused-ring (bicyclic) bond motifs is 1. The molecular formula is C15H12F2N2O2. The van der Waals surface area contributed by atoms with Gasteiger partial charge in [-0.1, -0.05) is 6.07 Å². The molecule has 0 aliphatic carbocycles. The number of alkyl halides is 2. The molecule has 1 aromatic carbocycles. The highest BCUT2D eigenvalue weighted by Crippen LogP contribution is 2.44. The SMILES string of the molecule is COc1ccc2c(c1)N(C(=O)c1ccccn1)CC2(F)F. The van der Waals surface area contributed by atoms with E-state index in [4.69, 9.17) is 4.74 Å². The minimum Gasteiger partial charge on any atom is -0.497 e. The van der Waals surface area contributed by atoms with Gasteiger partial charge in [0.1, 0.15) is 11.4 Å². The van der Waals surface area contributed by atoms with E-state index in [1.807, 2.05) is 0 Å². The lowest BCUT2D eigenvalue weighted by molar-refractivity contribution is 0.0138. The summed E-state index contributed by atoms with van der Waals surface area (Å²) in [6, 6.07) is 8.99. The first-order valence-corrected chi connectivity index (χ1v) is 6.32. The van der Waals surface area contributed by atoms with Gasteiger partial charge in [-0.15, -0.1) is 0 Å². The Morgan fingerprint density at radius 3 is 2.81 bits per heavy atom. The van der Waals surface area contributed by atoms with Crippen molar-refractivity contribution in [1.82, 2.24) is 4.98 Å². The number of methoxy groups -OCH3 is 1. The summed E-state index contributed by atoms with van der Waals surface area (Å²) in [5.41, 5.74) is 0.117. The molecule has 1 amide bonds. The Morgan fingerprint density at radius 1 is 1.33 bits per heavy atom. The van der Waals surface area contributed by atoms with Gasteiger partial charge in [-0.25, -0.2) is 0 Å². The molecule has 0 unspecified atom stereocenters. The van der Waals surface area contributed by atoms with Crippen LogP contribution in [0.15, 0.2) is 42.6 Å². The molecule has 0 atom stereocenters.